The molecule has 0 amide bonds. The third kappa shape index (κ3) is 4.93. The minimum Gasteiger partial charge on any atom is -0.382 e. The fraction of sp³-hybridized carbons (Fsp3) is 0.455. The maximum absolute atomic E-state index is 12.1. The zero-order chi connectivity index (χ0) is 15.4. The predicted octanol–water partition coefficient (Wildman–Crippen LogP) is 1.67. The third-order valence-electron chi connectivity index (χ3n) is 2.46. The Balaban J connectivity index is 2.74. The van der Waals surface area contributed by atoms with Gasteiger partial charge in [-0.05, 0) is 24.1 Å². The van der Waals surface area contributed by atoms with Gasteiger partial charge in [-0.3, -0.25) is 0 Å². The van der Waals surface area contributed by atoms with E-state index in [-0.39, 0.29) is 4.90 Å². The van der Waals surface area contributed by atoms with Gasteiger partial charge in [0.15, 0.2) is 6.10 Å². The molecule has 9 heteroatoms. The summed E-state index contributed by atoms with van der Waals surface area (Å²) in [6.45, 7) is -1.13. The molecular weight excluding hydrogens is 319 g/mol. The summed E-state index contributed by atoms with van der Waals surface area (Å²) in [5.74, 6) is 0.377. The molecule has 1 unspecified atom stereocenters. The average Bonchev–Trinajstić information content (AvgIpc) is 2.36. The van der Waals surface area contributed by atoms with Crippen molar-refractivity contribution < 1.29 is 26.7 Å². The molecule has 1 rings (SSSR count). The number of alkyl halides is 4. The van der Waals surface area contributed by atoms with Gasteiger partial charge >= 0.3 is 6.18 Å². The fourth-order valence-electron chi connectivity index (χ4n) is 1.33. The monoisotopic (exact) mass is 331 g/mol. The molecule has 0 bridgehead atoms. The summed E-state index contributed by atoms with van der Waals surface area (Å²) in [6, 6.07) is 5.59. The lowest BCUT2D eigenvalue weighted by molar-refractivity contribution is -0.200. The third-order valence-corrected chi connectivity index (χ3v) is 4.09. The Morgan fingerprint density at radius 2 is 1.80 bits per heavy atom. The van der Waals surface area contributed by atoms with E-state index in [4.69, 9.17) is 16.7 Å². The standard InChI is InChI=1S/C11H13ClF3NO3S/c12-6-5-8-1-3-9(4-2-8)20(18,19)16-7-10(17)11(13,14)15/h1-4,10,16-17H,5-7H2. The summed E-state index contributed by atoms with van der Waals surface area (Å²) >= 11 is 5.53. The van der Waals surface area contributed by atoms with Crippen molar-refractivity contribution in [3.63, 3.8) is 0 Å². The number of aliphatic hydroxyl groups excluding tert-OH is 1. The largest absolute Gasteiger partial charge is 0.415 e. The van der Waals surface area contributed by atoms with Gasteiger partial charge in [0, 0.05) is 12.4 Å². The smallest absolute Gasteiger partial charge is 0.382 e. The molecule has 0 saturated carbocycles. The van der Waals surface area contributed by atoms with Crippen LogP contribution in [0.5, 0.6) is 0 Å². The van der Waals surface area contributed by atoms with Gasteiger partial charge in [0.25, 0.3) is 0 Å². The van der Waals surface area contributed by atoms with E-state index in [1.807, 2.05) is 0 Å². The summed E-state index contributed by atoms with van der Waals surface area (Å²) in [6.07, 6.45) is -7.05. The SMILES string of the molecule is O=S(=O)(NCC(O)C(F)(F)F)c1ccc(CCCl)cc1. The first-order valence-corrected chi connectivity index (χ1v) is 7.58. The molecule has 0 aliphatic carbocycles. The zero-order valence-corrected chi connectivity index (χ0v) is 11.8. The minimum atomic E-state index is -4.87. The van der Waals surface area contributed by atoms with E-state index in [2.05, 4.69) is 0 Å². The van der Waals surface area contributed by atoms with Crippen molar-refractivity contribution >= 4 is 21.6 Å². The molecule has 20 heavy (non-hydrogen) atoms. The van der Waals surface area contributed by atoms with Gasteiger partial charge in [0.05, 0.1) is 4.90 Å². The highest BCUT2D eigenvalue weighted by atomic mass is 35.5. The number of hydrogen-bond donors (Lipinski definition) is 2. The number of nitrogens with one attached hydrogen (secondary N) is 1. The van der Waals surface area contributed by atoms with Crippen LogP contribution in [0.2, 0.25) is 0 Å². The summed E-state index contributed by atoms with van der Waals surface area (Å²) in [5.41, 5.74) is 0.814. The average molecular weight is 332 g/mol. The van der Waals surface area contributed by atoms with E-state index in [0.717, 1.165) is 5.56 Å². The Kier molecular flexibility index (Phi) is 5.81. The van der Waals surface area contributed by atoms with E-state index in [1.54, 1.807) is 4.72 Å². The highest BCUT2D eigenvalue weighted by Crippen LogP contribution is 2.20. The normalized spacial score (nSPS) is 14.2. The van der Waals surface area contributed by atoms with Crippen LogP contribution in [0.3, 0.4) is 0 Å². The van der Waals surface area contributed by atoms with Gasteiger partial charge in [-0.2, -0.15) is 13.2 Å². The molecule has 0 aromatic heterocycles. The lowest BCUT2D eigenvalue weighted by Gasteiger charge is -2.15. The molecule has 0 aliphatic heterocycles. The molecule has 114 valence electrons. The van der Waals surface area contributed by atoms with Crippen LogP contribution in [-0.2, 0) is 16.4 Å². The quantitative estimate of drug-likeness (QED) is 0.779. The first-order valence-electron chi connectivity index (χ1n) is 5.56. The van der Waals surface area contributed by atoms with Gasteiger partial charge in [-0.15, -0.1) is 11.6 Å². The molecule has 0 spiro atoms. The van der Waals surface area contributed by atoms with Crippen molar-refractivity contribution in [3.8, 4) is 0 Å². The van der Waals surface area contributed by atoms with Crippen LogP contribution >= 0.6 is 11.6 Å². The molecule has 0 heterocycles. The van der Waals surface area contributed by atoms with E-state index >= 15 is 0 Å². The van der Waals surface area contributed by atoms with E-state index < -0.39 is 28.8 Å². The van der Waals surface area contributed by atoms with Crippen molar-refractivity contribution in [2.75, 3.05) is 12.4 Å². The van der Waals surface area contributed by atoms with Crippen LogP contribution in [-0.4, -0.2) is 38.2 Å². The van der Waals surface area contributed by atoms with E-state index in [9.17, 15) is 21.6 Å². The van der Waals surface area contributed by atoms with Crippen molar-refractivity contribution in [2.24, 2.45) is 0 Å². The van der Waals surface area contributed by atoms with Gasteiger partial charge < -0.3 is 5.11 Å². The molecule has 4 nitrogen and oxygen atoms in total. The molecule has 1 aromatic carbocycles. The summed E-state index contributed by atoms with van der Waals surface area (Å²) in [4.78, 5) is -0.176. The maximum atomic E-state index is 12.1. The van der Waals surface area contributed by atoms with Crippen LogP contribution < -0.4 is 4.72 Å². The lowest BCUT2D eigenvalue weighted by Crippen LogP contribution is -2.40. The predicted molar refractivity (Wildman–Crippen MR) is 68.1 cm³/mol. The highest BCUT2D eigenvalue weighted by Gasteiger charge is 2.38. The number of hydrogen-bond acceptors (Lipinski definition) is 3. The first-order chi connectivity index (χ1) is 9.16. The van der Waals surface area contributed by atoms with Crippen molar-refractivity contribution in [1.29, 1.82) is 0 Å². The molecule has 1 atom stereocenters. The second-order valence-electron chi connectivity index (χ2n) is 3.99. The molecule has 0 aliphatic rings. The number of benzene rings is 1. The molecule has 0 saturated heterocycles. The van der Waals surface area contributed by atoms with Gasteiger partial charge in [0.1, 0.15) is 0 Å². The summed E-state index contributed by atoms with van der Waals surface area (Å²) in [7, 11) is -4.09. The second-order valence-corrected chi connectivity index (χ2v) is 6.14. The fourth-order valence-corrected chi connectivity index (χ4v) is 2.59. The van der Waals surface area contributed by atoms with Crippen LogP contribution in [0, 0.1) is 0 Å². The van der Waals surface area contributed by atoms with Crippen LogP contribution in [0.25, 0.3) is 0 Å². The Hall–Kier alpha value is -0.830. The van der Waals surface area contributed by atoms with Crippen LogP contribution in [0.15, 0.2) is 29.2 Å². The van der Waals surface area contributed by atoms with Crippen molar-refractivity contribution in [2.45, 2.75) is 23.6 Å². The van der Waals surface area contributed by atoms with Gasteiger partial charge in [-0.1, -0.05) is 12.1 Å². The number of aliphatic hydroxyl groups is 1. The van der Waals surface area contributed by atoms with Crippen molar-refractivity contribution in [3.05, 3.63) is 29.8 Å². The first kappa shape index (κ1) is 17.2. The number of sulfonamides is 1. The van der Waals surface area contributed by atoms with Gasteiger partial charge in [0.2, 0.25) is 10.0 Å². The zero-order valence-electron chi connectivity index (χ0n) is 10.2. The van der Waals surface area contributed by atoms with E-state index in [0.29, 0.717) is 12.3 Å². The Morgan fingerprint density at radius 3 is 2.25 bits per heavy atom. The van der Waals surface area contributed by atoms with Gasteiger partial charge in [-0.25, -0.2) is 13.1 Å². The molecule has 1 aromatic rings. The number of halogens is 4. The lowest BCUT2D eigenvalue weighted by atomic mass is 10.2. The molecule has 0 radical (unpaired) electrons. The van der Waals surface area contributed by atoms with E-state index in [1.165, 1.54) is 24.3 Å². The summed E-state index contributed by atoms with van der Waals surface area (Å²) in [5, 5.41) is 8.74. The highest BCUT2D eigenvalue weighted by molar-refractivity contribution is 7.89. The Labute approximate surface area is 119 Å². The minimum absolute atomic E-state index is 0.176. The maximum Gasteiger partial charge on any atom is 0.415 e. The molecule has 0 fully saturated rings. The topological polar surface area (TPSA) is 66.4 Å². The van der Waals surface area contributed by atoms with Crippen LogP contribution in [0.4, 0.5) is 13.2 Å². The molecule has 2 N–H and O–H groups in total. The second kappa shape index (κ2) is 6.75. The van der Waals surface area contributed by atoms with Crippen molar-refractivity contribution in [1.82, 2.24) is 4.72 Å². The number of rotatable bonds is 6. The van der Waals surface area contributed by atoms with Crippen LogP contribution in [0.1, 0.15) is 5.56 Å². The molecular formula is C11H13ClF3NO3S. The summed E-state index contributed by atoms with van der Waals surface area (Å²) < 4.78 is 61.3. The Morgan fingerprint density at radius 1 is 1.25 bits per heavy atom. The number of aryl methyl sites for hydroxylation is 1. The Bertz CT molecular complexity index is 531.